The minimum atomic E-state index is 0.794. The number of nitrogens with zero attached hydrogens (tertiary/aromatic N) is 5. The predicted octanol–water partition coefficient (Wildman–Crippen LogP) is 3.72. The monoisotopic (exact) mass is 422 g/mol. The molecule has 6 nitrogen and oxygen atoms in total. The quantitative estimate of drug-likeness (QED) is 0.491. The Kier molecular flexibility index (Phi) is 5.39. The summed E-state index contributed by atoms with van der Waals surface area (Å²) in [7, 11) is 0. The van der Waals surface area contributed by atoms with E-state index < -0.39 is 0 Å². The normalized spacial score (nSPS) is 11.0. The molecule has 4 aromatic heterocycles. The number of anilines is 1. The zero-order valence-corrected chi connectivity index (χ0v) is 16.3. The lowest BCUT2D eigenvalue weighted by Crippen LogP contribution is -2.10. The first-order valence-electron chi connectivity index (χ1n) is 8.84. The topological polar surface area (TPSA) is 68.0 Å². The van der Waals surface area contributed by atoms with E-state index in [1.807, 2.05) is 29.0 Å². The molecule has 0 saturated carbocycles. The van der Waals surface area contributed by atoms with Gasteiger partial charge in [-0.15, -0.1) is 0 Å². The van der Waals surface area contributed by atoms with Crippen LogP contribution in [-0.2, 0) is 19.3 Å². The predicted molar refractivity (Wildman–Crippen MR) is 109 cm³/mol. The molecule has 0 aliphatic rings. The molecule has 0 radical (unpaired) electrons. The molecule has 136 valence electrons. The Bertz CT molecular complexity index is 1020. The van der Waals surface area contributed by atoms with Gasteiger partial charge in [-0.25, -0.2) is 9.50 Å². The molecule has 1 N–H and O–H groups in total. The van der Waals surface area contributed by atoms with Gasteiger partial charge in [0.25, 0.3) is 0 Å². The fraction of sp³-hybridized carbons (Fsp3) is 0.200. The zero-order valence-electron chi connectivity index (χ0n) is 14.7. The van der Waals surface area contributed by atoms with Gasteiger partial charge in [0.05, 0.1) is 10.7 Å². The number of pyridine rings is 2. The third kappa shape index (κ3) is 4.31. The molecule has 0 aliphatic heterocycles. The number of nitrogens with one attached hydrogen (secondary N) is 1. The van der Waals surface area contributed by atoms with Gasteiger partial charge >= 0.3 is 0 Å². The van der Waals surface area contributed by atoms with Crippen molar-refractivity contribution in [3.05, 3.63) is 82.6 Å². The SMILES string of the molecule is Brc1cnn2c(CCc3cccnc3)cc(NCCc3cccnc3)nc12. The van der Waals surface area contributed by atoms with E-state index in [0.29, 0.717) is 0 Å². The summed E-state index contributed by atoms with van der Waals surface area (Å²) in [6, 6.07) is 10.2. The van der Waals surface area contributed by atoms with Gasteiger partial charge < -0.3 is 5.32 Å². The molecule has 0 aliphatic carbocycles. The molecule has 4 aromatic rings. The van der Waals surface area contributed by atoms with Crippen LogP contribution in [-0.4, -0.2) is 31.1 Å². The van der Waals surface area contributed by atoms with Crippen molar-refractivity contribution < 1.29 is 0 Å². The van der Waals surface area contributed by atoms with Crippen molar-refractivity contribution in [1.82, 2.24) is 24.6 Å². The molecular weight excluding hydrogens is 404 g/mol. The molecule has 0 saturated heterocycles. The zero-order chi connectivity index (χ0) is 18.5. The molecule has 0 aromatic carbocycles. The van der Waals surface area contributed by atoms with Crippen molar-refractivity contribution in [3.63, 3.8) is 0 Å². The van der Waals surface area contributed by atoms with Crippen LogP contribution in [0, 0.1) is 0 Å². The van der Waals surface area contributed by atoms with Crippen molar-refractivity contribution in [3.8, 4) is 0 Å². The second-order valence-electron chi connectivity index (χ2n) is 6.26. The maximum absolute atomic E-state index is 4.70. The van der Waals surface area contributed by atoms with Crippen LogP contribution < -0.4 is 5.32 Å². The Hall–Kier alpha value is -2.80. The van der Waals surface area contributed by atoms with Crippen molar-refractivity contribution in [2.45, 2.75) is 19.3 Å². The summed E-state index contributed by atoms with van der Waals surface area (Å²) in [5.41, 5.74) is 4.34. The van der Waals surface area contributed by atoms with Gasteiger partial charge in [-0.1, -0.05) is 12.1 Å². The summed E-state index contributed by atoms with van der Waals surface area (Å²) in [4.78, 5) is 13.0. The van der Waals surface area contributed by atoms with E-state index in [2.05, 4.69) is 54.5 Å². The first-order valence-corrected chi connectivity index (χ1v) is 9.64. The molecule has 7 heteroatoms. The molecule has 0 atom stereocenters. The van der Waals surface area contributed by atoms with Crippen LogP contribution in [0.1, 0.15) is 16.8 Å². The summed E-state index contributed by atoms with van der Waals surface area (Å²) in [5, 5.41) is 7.88. The maximum atomic E-state index is 4.70. The van der Waals surface area contributed by atoms with Crippen molar-refractivity contribution >= 4 is 27.4 Å². The van der Waals surface area contributed by atoms with Crippen LogP contribution in [0.15, 0.2) is 65.8 Å². The summed E-state index contributed by atoms with van der Waals surface area (Å²) in [6.45, 7) is 0.794. The Labute approximate surface area is 165 Å². The van der Waals surface area contributed by atoms with Gasteiger partial charge in [-0.05, 0) is 58.5 Å². The number of rotatable bonds is 7. The van der Waals surface area contributed by atoms with E-state index in [-0.39, 0.29) is 0 Å². The number of hydrogen-bond donors (Lipinski definition) is 1. The highest BCUT2D eigenvalue weighted by atomic mass is 79.9. The number of halogens is 1. The molecule has 27 heavy (non-hydrogen) atoms. The lowest BCUT2D eigenvalue weighted by atomic mass is 10.1. The average Bonchev–Trinajstić information content (AvgIpc) is 3.09. The number of fused-ring (bicyclic) bond motifs is 1. The van der Waals surface area contributed by atoms with Crippen LogP contribution >= 0.6 is 15.9 Å². The van der Waals surface area contributed by atoms with Crippen molar-refractivity contribution in [1.29, 1.82) is 0 Å². The van der Waals surface area contributed by atoms with Gasteiger partial charge in [0.1, 0.15) is 5.82 Å². The first kappa shape index (κ1) is 17.6. The largest absolute Gasteiger partial charge is 0.370 e. The van der Waals surface area contributed by atoms with Gasteiger partial charge in [0.15, 0.2) is 5.65 Å². The summed E-state index contributed by atoms with van der Waals surface area (Å²) in [6.07, 6.45) is 11.8. The number of aryl methyl sites for hydroxylation is 2. The van der Waals surface area contributed by atoms with E-state index >= 15 is 0 Å². The highest BCUT2D eigenvalue weighted by molar-refractivity contribution is 9.10. The fourth-order valence-corrected chi connectivity index (χ4v) is 3.31. The van der Waals surface area contributed by atoms with Crippen LogP contribution in [0.5, 0.6) is 0 Å². The Morgan fingerprint density at radius 2 is 1.67 bits per heavy atom. The Morgan fingerprint density at radius 3 is 2.37 bits per heavy atom. The fourth-order valence-electron chi connectivity index (χ4n) is 2.97. The van der Waals surface area contributed by atoms with Crippen molar-refractivity contribution in [2.24, 2.45) is 0 Å². The highest BCUT2D eigenvalue weighted by Gasteiger charge is 2.10. The minimum absolute atomic E-state index is 0.794. The van der Waals surface area contributed by atoms with Gasteiger partial charge in [0.2, 0.25) is 0 Å². The second kappa shape index (κ2) is 8.26. The summed E-state index contributed by atoms with van der Waals surface area (Å²) >= 11 is 3.54. The summed E-state index contributed by atoms with van der Waals surface area (Å²) in [5.74, 6) is 0.855. The van der Waals surface area contributed by atoms with E-state index in [4.69, 9.17) is 4.98 Å². The molecular formula is C20H19BrN6. The van der Waals surface area contributed by atoms with E-state index in [1.54, 1.807) is 18.6 Å². The van der Waals surface area contributed by atoms with E-state index in [9.17, 15) is 0 Å². The van der Waals surface area contributed by atoms with Crippen LogP contribution in [0.4, 0.5) is 5.82 Å². The maximum Gasteiger partial charge on any atom is 0.171 e. The average molecular weight is 423 g/mol. The molecule has 0 unspecified atom stereocenters. The number of hydrogen-bond acceptors (Lipinski definition) is 5. The third-order valence-corrected chi connectivity index (χ3v) is 4.90. The standard InChI is InChI=1S/C20H19BrN6/c21-18-14-25-27-17(6-5-15-3-1-8-22-12-15)11-19(26-20(18)27)24-10-7-16-4-2-9-23-13-16/h1-4,8-9,11-14H,5-7,10H2,(H,24,26). The van der Waals surface area contributed by atoms with Crippen LogP contribution in [0.2, 0.25) is 0 Å². The lowest BCUT2D eigenvalue weighted by Gasteiger charge is -2.10. The van der Waals surface area contributed by atoms with Gasteiger partial charge in [-0.3, -0.25) is 9.97 Å². The molecule has 0 amide bonds. The highest BCUT2D eigenvalue weighted by Crippen LogP contribution is 2.20. The van der Waals surface area contributed by atoms with Gasteiger partial charge in [0, 0.05) is 43.1 Å². The molecule has 4 heterocycles. The Balaban J connectivity index is 1.51. The number of aromatic nitrogens is 5. The molecule has 0 spiro atoms. The molecule has 0 fully saturated rings. The van der Waals surface area contributed by atoms with E-state index in [1.165, 1.54) is 11.1 Å². The molecule has 0 bridgehead atoms. The van der Waals surface area contributed by atoms with Crippen molar-refractivity contribution in [2.75, 3.05) is 11.9 Å². The smallest absolute Gasteiger partial charge is 0.171 e. The van der Waals surface area contributed by atoms with Crippen LogP contribution in [0.25, 0.3) is 5.65 Å². The second-order valence-corrected chi connectivity index (χ2v) is 7.11. The minimum Gasteiger partial charge on any atom is -0.370 e. The first-order chi connectivity index (χ1) is 13.3. The lowest BCUT2D eigenvalue weighted by molar-refractivity contribution is 0.808. The summed E-state index contributed by atoms with van der Waals surface area (Å²) < 4.78 is 2.79. The molecule has 4 rings (SSSR count). The third-order valence-electron chi connectivity index (χ3n) is 4.34. The van der Waals surface area contributed by atoms with Gasteiger partial charge in [-0.2, -0.15) is 5.10 Å². The Morgan fingerprint density at radius 1 is 0.926 bits per heavy atom. The van der Waals surface area contributed by atoms with E-state index in [0.717, 1.165) is 47.4 Å². The van der Waals surface area contributed by atoms with Crippen LogP contribution in [0.3, 0.4) is 0 Å².